The van der Waals surface area contributed by atoms with Gasteiger partial charge in [0.25, 0.3) is 0 Å². The van der Waals surface area contributed by atoms with Gasteiger partial charge in [0.1, 0.15) is 0 Å². The standard InChI is InChI=1S/C18H24N4OS/c1-2-24-18-20-11-14(12-21-18)13-22-9-6-15(7-10-22)17(23)16-5-3-4-8-19-16/h3-5,8,11-12,15,17,23H,2,6-7,9-10,13H2,1H3/t17-/m0/s1. The third-order valence-electron chi connectivity index (χ3n) is 4.43. The number of rotatable bonds is 6. The second-order valence-corrected chi connectivity index (χ2v) is 7.35. The van der Waals surface area contributed by atoms with Crippen molar-refractivity contribution in [2.24, 2.45) is 5.92 Å². The summed E-state index contributed by atoms with van der Waals surface area (Å²) >= 11 is 1.66. The lowest BCUT2D eigenvalue weighted by molar-refractivity contribution is 0.0539. The van der Waals surface area contributed by atoms with E-state index in [1.165, 1.54) is 0 Å². The summed E-state index contributed by atoms with van der Waals surface area (Å²) < 4.78 is 0. The first-order valence-corrected chi connectivity index (χ1v) is 9.50. The van der Waals surface area contributed by atoms with E-state index in [0.717, 1.165) is 54.6 Å². The van der Waals surface area contributed by atoms with Crippen LogP contribution in [-0.4, -0.2) is 43.8 Å². The molecule has 128 valence electrons. The van der Waals surface area contributed by atoms with E-state index >= 15 is 0 Å². The number of aliphatic hydroxyl groups excluding tert-OH is 1. The van der Waals surface area contributed by atoms with Gasteiger partial charge in [0, 0.05) is 30.7 Å². The van der Waals surface area contributed by atoms with E-state index in [4.69, 9.17) is 0 Å². The molecular formula is C18H24N4OS. The minimum Gasteiger partial charge on any atom is -0.387 e. The van der Waals surface area contributed by atoms with Crippen molar-refractivity contribution in [1.29, 1.82) is 0 Å². The zero-order valence-electron chi connectivity index (χ0n) is 14.0. The molecule has 0 aliphatic carbocycles. The fourth-order valence-corrected chi connectivity index (χ4v) is 3.62. The molecule has 1 atom stereocenters. The number of likely N-dealkylation sites (tertiary alicyclic amines) is 1. The highest BCUT2D eigenvalue weighted by Crippen LogP contribution is 2.30. The highest BCUT2D eigenvalue weighted by Gasteiger charge is 2.26. The minimum absolute atomic E-state index is 0.288. The van der Waals surface area contributed by atoms with Gasteiger partial charge in [-0.1, -0.05) is 24.8 Å². The van der Waals surface area contributed by atoms with Crippen LogP contribution in [0.15, 0.2) is 41.9 Å². The maximum absolute atomic E-state index is 10.5. The smallest absolute Gasteiger partial charge is 0.187 e. The normalized spacial score (nSPS) is 17.8. The number of aliphatic hydroxyl groups is 1. The van der Waals surface area contributed by atoms with Gasteiger partial charge in [-0.05, 0) is 49.7 Å². The van der Waals surface area contributed by atoms with Crippen LogP contribution in [0.3, 0.4) is 0 Å². The van der Waals surface area contributed by atoms with E-state index < -0.39 is 6.10 Å². The molecule has 6 heteroatoms. The van der Waals surface area contributed by atoms with Gasteiger partial charge < -0.3 is 5.11 Å². The number of thioether (sulfide) groups is 1. The zero-order valence-corrected chi connectivity index (χ0v) is 14.8. The Hall–Kier alpha value is -1.50. The summed E-state index contributed by atoms with van der Waals surface area (Å²) in [5.74, 6) is 1.28. The monoisotopic (exact) mass is 344 g/mol. The molecular weight excluding hydrogens is 320 g/mol. The van der Waals surface area contributed by atoms with Crippen molar-refractivity contribution in [3.8, 4) is 0 Å². The van der Waals surface area contributed by atoms with Crippen molar-refractivity contribution in [2.45, 2.75) is 37.6 Å². The molecule has 24 heavy (non-hydrogen) atoms. The van der Waals surface area contributed by atoms with E-state index in [2.05, 4.69) is 26.8 Å². The summed E-state index contributed by atoms with van der Waals surface area (Å²) in [5.41, 5.74) is 1.94. The number of hydrogen-bond donors (Lipinski definition) is 1. The van der Waals surface area contributed by atoms with Crippen molar-refractivity contribution in [3.63, 3.8) is 0 Å². The number of nitrogens with zero attached hydrogens (tertiary/aromatic N) is 4. The van der Waals surface area contributed by atoms with Gasteiger partial charge in [0.05, 0.1) is 11.8 Å². The SMILES string of the molecule is CCSc1ncc(CN2CCC([C@H](O)c3ccccn3)CC2)cn1. The van der Waals surface area contributed by atoms with Crippen LogP contribution in [-0.2, 0) is 6.54 Å². The Morgan fingerprint density at radius 2 is 1.96 bits per heavy atom. The molecule has 0 saturated carbocycles. The Labute approximate surface area is 147 Å². The molecule has 3 heterocycles. The van der Waals surface area contributed by atoms with E-state index in [1.54, 1.807) is 18.0 Å². The predicted octanol–water partition coefficient (Wildman–Crippen LogP) is 2.93. The highest BCUT2D eigenvalue weighted by atomic mass is 32.2. The van der Waals surface area contributed by atoms with Crippen LogP contribution < -0.4 is 0 Å². The van der Waals surface area contributed by atoms with Crippen LogP contribution in [0, 0.1) is 5.92 Å². The van der Waals surface area contributed by atoms with E-state index in [1.807, 2.05) is 30.6 Å². The van der Waals surface area contributed by atoms with Crippen LogP contribution in [0.5, 0.6) is 0 Å². The number of aromatic nitrogens is 3. The summed E-state index contributed by atoms with van der Waals surface area (Å²) in [6.07, 6.45) is 7.13. The molecule has 1 saturated heterocycles. The molecule has 1 aliphatic heterocycles. The van der Waals surface area contributed by atoms with Crippen LogP contribution in [0.2, 0.25) is 0 Å². The van der Waals surface area contributed by atoms with Gasteiger partial charge in [0.15, 0.2) is 5.16 Å². The van der Waals surface area contributed by atoms with Crippen LogP contribution in [0.4, 0.5) is 0 Å². The lowest BCUT2D eigenvalue weighted by Gasteiger charge is -2.33. The third-order valence-corrected chi connectivity index (χ3v) is 5.19. The Morgan fingerprint density at radius 1 is 1.21 bits per heavy atom. The van der Waals surface area contributed by atoms with Gasteiger partial charge in [-0.2, -0.15) is 0 Å². The summed E-state index contributed by atoms with van der Waals surface area (Å²) in [6.45, 7) is 4.95. The molecule has 0 radical (unpaired) electrons. The van der Waals surface area contributed by atoms with Crippen molar-refractivity contribution in [3.05, 3.63) is 48.0 Å². The Morgan fingerprint density at radius 3 is 2.58 bits per heavy atom. The topological polar surface area (TPSA) is 62.1 Å². The molecule has 0 bridgehead atoms. The van der Waals surface area contributed by atoms with Gasteiger partial charge >= 0.3 is 0 Å². The summed E-state index contributed by atoms with van der Waals surface area (Å²) in [4.78, 5) is 15.5. The Balaban J connectivity index is 1.50. The first kappa shape index (κ1) is 17.3. The Bertz CT molecular complexity index is 615. The first-order valence-electron chi connectivity index (χ1n) is 8.51. The second kappa shape index (κ2) is 8.55. The second-order valence-electron chi connectivity index (χ2n) is 6.12. The number of piperidine rings is 1. The van der Waals surface area contributed by atoms with Gasteiger partial charge in [-0.15, -0.1) is 0 Å². The molecule has 1 aliphatic rings. The predicted molar refractivity (Wildman–Crippen MR) is 95.6 cm³/mol. The molecule has 0 amide bonds. The van der Waals surface area contributed by atoms with E-state index in [-0.39, 0.29) is 5.92 Å². The first-order chi connectivity index (χ1) is 11.8. The maximum atomic E-state index is 10.5. The van der Waals surface area contributed by atoms with Crippen LogP contribution >= 0.6 is 11.8 Å². The fraction of sp³-hybridized carbons (Fsp3) is 0.500. The third kappa shape index (κ3) is 4.53. The molecule has 5 nitrogen and oxygen atoms in total. The summed E-state index contributed by atoms with van der Waals surface area (Å²) in [7, 11) is 0. The van der Waals surface area contributed by atoms with Crippen LogP contribution in [0.1, 0.15) is 37.1 Å². The van der Waals surface area contributed by atoms with E-state index in [0.29, 0.717) is 0 Å². The summed E-state index contributed by atoms with van der Waals surface area (Å²) in [5, 5.41) is 11.3. The Kier molecular flexibility index (Phi) is 6.18. The van der Waals surface area contributed by atoms with Crippen molar-refractivity contribution in [2.75, 3.05) is 18.8 Å². The average Bonchev–Trinajstić information content (AvgIpc) is 2.64. The average molecular weight is 344 g/mol. The van der Waals surface area contributed by atoms with E-state index in [9.17, 15) is 5.11 Å². The molecule has 2 aromatic rings. The zero-order chi connectivity index (χ0) is 16.8. The van der Waals surface area contributed by atoms with Crippen molar-refractivity contribution in [1.82, 2.24) is 19.9 Å². The van der Waals surface area contributed by atoms with Crippen molar-refractivity contribution >= 4 is 11.8 Å². The van der Waals surface area contributed by atoms with Crippen LogP contribution in [0.25, 0.3) is 0 Å². The lowest BCUT2D eigenvalue weighted by Crippen LogP contribution is -2.35. The van der Waals surface area contributed by atoms with Crippen molar-refractivity contribution < 1.29 is 5.11 Å². The molecule has 0 aromatic carbocycles. The molecule has 2 aromatic heterocycles. The van der Waals surface area contributed by atoms with Gasteiger partial charge in [-0.3, -0.25) is 9.88 Å². The maximum Gasteiger partial charge on any atom is 0.187 e. The molecule has 1 N–H and O–H groups in total. The largest absolute Gasteiger partial charge is 0.387 e. The lowest BCUT2D eigenvalue weighted by atomic mass is 9.89. The molecule has 3 rings (SSSR count). The van der Waals surface area contributed by atoms with Gasteiger partial charge in [-0.25, -0.2) is 9.97 Å². The summed E-state index contributed by atoms with van der Waals surface area (Å²) in [6, 6.07) is 5.72. The number of pyridine rings is 1. The molecule has 1 fully saturated rings. The quantitative estimate of drug-likeness (QED) is 0.642. The molecule has 0 unspecified atom stereocenters. The highest BCUT2D eigenvalue weighted by molar-refractivity contribution is 7.99. The van der Waals surface area contributed by atoms with Gasteiger partial charge in [0.2, 0.25) is 0 Å². The molecule has 0 spiro atoms. The number of hydrogen-bond acceptors (Lipinski definition) is 6. The minimum atomic E-state index is -0.456. The fourth-order valence-electron chi connectivity index (χ4n) is 3.11.